The van der Waals surface area contributed by atoms with Crippen molar-refractivity contribution in [1.29, 1.82) is 0 Å². The van der Waals surface area contributed by atoms with Crippen molar-refractivity contribution in [2.75, 3.05) is 10.6 Å². The summed E-state index contributed by atoms with van der Waals surface area (Å²) in [7, 11) is 0. The zero-order chi connectivity index (χ0) is 19.4. The summed E-state index contributed by atoms with van der Waals surface area (Å²) in [6.07, 6.45) is 6.03. The zero-order valence-corrected chi connectivity index (χ0v) is 17.3. The first kappa shape index (κ1) is 18.3. The number of fused-ring (bicyclic) bond motifs is 1. The molecule has 0 unspecified atom stereocenters. The van der Waals surface area contributed by atoms with Gasteiger partial charge in [0, 0.05) is 17.7 Å². The average Bonchev–Trinajstić information content (AvgIpc) is 2.74. The van der Waals surface area contributed by atoms with E-state index in [0.717, 1.165) is 41.9 Å². The SMILES string of the molecule is CC1=CC[C@H](C[C@@H]2Nc3ccccc3NC3=C2C(=O)CC(C)(C)C3)C1(C)C. The van der Waals surface area contributed by atoms with Gasteiger partial charge in [0.25, 0.3) is 0 Å². The van der Waals surface area contributed by atoms with Gasteiger partial charge in [0.1, 0.15) is 0 Å². The standard InChI is InChI=1S/C24H32N2O/c1-15-10-11-16(24(15,4)5)12-19-22-20(13-23(2,3)14-21(22)27)26-18-9-7-6-8-17(18)25-19/h6-10,16,19,25-26H,11-14H2,1-5H3/t16-,19+/m1/s1. The van der Waals surface area contributed by atoms with Crippen LogP contribution in [-0.2, 0) is 4.79 Å². The highest BCUT2D eigenvalue weighted by Crippen LogP contribution is 2.48. The van der Waals surface area contributed by atoms with Gasteiger partial charge in [-0.05, 0) is 55.1 Å². The van der Waals surface area contributed by atoms with Crippen LogP contribution in [0.2, 0.25) is 0 Å². The van der Waals surface area contributed by atoms with Crippen LogP contribution in [0, 0.1) is 16.7 Å². The summed E-state index contributed by atoms with van der Waals surface area (Å²) in [5, 5.41) is 7.35. The molecule has 0 bridgehead atoms. The number of Topliss-reactive ketones (excluding diaryl/α,β-unsaturated/α-hetero) is 1. The average molecular weight is 365 g/mol. The highest BCUT2D eigenvalue weighted by atomic mass is 16.1. The number of benzene rings is 1. The molecule has 0 amide bonds. The van der Waals surface area contributed by atoms with Crippen LogP contribution in [0.3, 0.4) is 0 Å². The maximum atomic E-state index is 13.2. The van der Waals surface area contributed by atoms with E-state index in [1.807, 2.05) is 0 Å². The van der Waals surface area contributed by atoms with Crippen molar-refractivity contribution in [3.8, 4) is 0 Å². The molecule has 2 aliphatic carbocycles. The summed E-state index contributed by atoms with van der Waals surface area (Å²) in [5.74, 6) is 0.858. The van der Waals surface area contributed by atoms with Gasteiger partial charge in [-0.3, -0.25) is 4.79 Å². The van der Waals surface area contributed by atoms with Crippen molar-refractivity contribution in [2.45, 2.75) is 66.3 Å². The van der Waals surface area contributed by atoms with Gasteiger partial charge in [0.05, 0.1) is 17.4 Å². The molecule has 0 saturated heterocycles. The number of carbonyl (C=O) groups is 1. The maximum absolute atomic E-state index is 13.2. The van der Waals surface area contributed by atoms with Crippen LogP contribution in [0.4, 0.5) is 11.4 Å². The summed E-state index contributed by atoms with van der Waals surface area (Å²) < 4.78 is 0. The Morgan fingerprint density at radius 3 is 2.44 bits per heavy atom. The van der Waals surface area contributed by atoms with Crippen molar-refractivity contribution in [2.24, 2.45) is 16.7 Å². The summed E-state index contributed by atoms with van der Waals surface area (Å²) in [6.45, 7) is 11.3. The van der Waals surface area contributed by atoms with Gasteiger partial charge >= 0.3 is 0 Å². The summed E-state index contributed by atoms with van der Waals surface area (Å²) in [5.41, 5.74) is 5.98. The van der Waals surface area contributed by atoms with E-state index < -0.39 is 0 Å². The lowest BCUT2D eigenvalue weighted by molar-refractivity contribution is -0.118. The molecule has 27 heavy (non-hydrogen) atoms. The third kappa shape index (κ3) is 3.22. The van der Waals surface area contributed by atoms with Crippen molar-refractivity contribution < 1.29 is 4.79 Å². The lowest BCUT2D eigenvalue weighted by Gasteiger charge is -2.37. The highest BCUT2D eigenvalue weighted by Gasteiger charge is 2.42. The number of allylic oxidation sites excluding steroid dienone is 3. The Bertz CT molecular complexity index is 844. The number of ketones is 1. The van der Waals surface area contributed by atoms with E-state index in [1.165, 1.54) is 5.57 Å². The summed E-state index contributed by atoms with van der Waals surface area (Å²) in [4.78, 5) is 13.2. The Morgan fingerprint density at radius 2 is 1.78 bits per heavy atom. The van der Waals surface area contributed by atoms with E-state index in [-0.39, 0.29) is 16.9 Å². The quantitative estimate of drug-likeness (QED) is 0.640. The fourth-order valence-electron chi connectivity index (χ4n) is 5.04. The van der Waals surface area contributed by atoms with Gasteiger partial charge in [0.2, 0.25) is 0 Å². The minimum absolute atomic E-state index is 0.0114. The molecule has 1 heterocycles. The Morgan fingerprint density at radius 1 is 1.07 bits per heavy atom. The normalized spacial score (nSPS) is 28.5. The van der Waals surface area contributed by atoms with Crippen LogP contribution < -0.4 is 10.6 Å². The van der Waals surface area contributed by atoms with Gasteiger partial charge in [0.15, 0.2) is 5.78 Å². The van der Waals surface area contributed by atoms with E-state index in [2.05, 4.69) is 75.6 Å². The van der Waals surface area contributed by atoms with Crippen molar-refractivity contribution in [3.63, 3.8) is 0 Å². The van der Waals surface area contributed by atoms with Gasteiger partial charge < -0.3 is 10.6 Å². The fourth-order valence-corrected chi connectivity index (χ4v) is 5.04. The van der Waals surface area contributed by atoms with E-state index in [9.17, 15) is 4.79 Å². The number of para-hydroxylation sites is 2. The molecule has 3 aliphatic rings. The molecule has 0 spiro atoms. The second-order valence-corrected chi connectivity index (χ2v) is 9.98. The Kier molecular flexibility index (Phi) is 4.25. The van der Waals surface area contributed by atoms with Gasteiger partial charge in [-0.2, -0.15) is 0 Å². The molecular formula is C24H32N2O. The molecular weight excluding hydrogens is 332 g/mol. The molecule has 3 nitrogen and oxygen atoms in total. The van der Waals surface area contributed by atoms with E-state index >= 15 is 0 Å². The van der Waals surface area contributed by atoms with Crippen LogP contribution in [-0.4, -0.2) is 11.8 Å². The number of nitrogens with one attached hydrogen (secondary N) is 2. The Labute approximate surface area is 163 Å². The van der Waals surface area contributed by atoms with Gasteiger partial charge in [-0.1, -0.05) is 51.5 Å². The Hall–Kier alpha value is -2.03. The number of hydrogen-bond acceptors (Lipinski definition) is 3. The van der Waals surface area contributed by atoms with E-state index in [0.29, 0.717) is 18.1 Å². The van der Waals surface area contributed by atoms with Gasteiger partial charge in [-0.15, -0.1) is 0 Å². The second-order valence-electron chi connectivity index (χ2n) is 9.98. The largest absolute Gasteiger partial charge is 0.376 e. The summed E-state index contributed by atoms with van der Waals surface area (Å²) >= 11 is 0. The molecule has 1 aliphatic heterocycles. The minimum atomic E-state index is 0.0114. The molecule has 0 saturated carbocycles. The molecule has 4 rings (SSSR count). The molecule has 2 N–H and O–H groups in total. The lowest BCUT2D eigenvalue weighted by atomic mass is 9.70. The molecule has 2 atom stereocenters. The molecule has 1 aromatic rings. The third-order valence-corrected chi connectivity index (χ3v) is 7.08. The van der Waals surface area contributed by atoms with Gasteiger partial charge in [-0.25, -0.2) is 0 Å². The van der Waals surface area contributed by atoms with E-state index in [1.54, 1.807) is 0 Å². The van der Waals surface area contributed by atoms with Crippen LogP contribution >= 0.6 is 0 Å². The first-order valence-electron chi connectivity index (χ1n) is 10.2. The van der Waals surface area contributed by atoms with Crippen LogP contribution in [0.5, 0.6) is 0 Å². The fraction of sp³-hybridized carbons (Fsp3) is 0.542. The maximum Gasteiger partial charge on any atom is 0.163 e. The smallest absolute Gasteiger partial charge is 0.163 e. The first-order chi connectivity index (χ1) is 12.7. The molecule has 0 radical (unpaired) electrons. The monoisotopic (exact) mass is 364 g/mol. The highest BCUT2D eigenvalue weighted by molar-refractivity contribution is 6.00. The second kappa shape index (κ2) is 6.25. The number of anilines is 2. The van der Waals surface area contributed by atoms with Crippen molar-refractivity contribution in [3.05, 3.63) is 47.2 Å². The topological polar surface area (TPSA) is 41.1 Å². The van der Waals surface area contributed by atoms with Crippen molar-refractivity contribution in [1.82, 2.24) is 0 Å². The molecule has 1 aromatic carbocycles. The predicted octanol–water partition coefficient (Wildman–Crippen LogP) is 5.92. The first-order valence-corrected chi connectivity index (χ1v) is 10.2. The third-order valence-electron chi connectivity index (χ3n) is 7.08. The number of carbonyl (C=O) groups excluding carboxylic acids is 1. The van der Waals surface area contributed by atoms with E-state index in [4.69, 9.17) is 0 Å². The van der Waals surface area contributed by atoms with Crippen LogP contribution in [0.15, 0.2) is 47.2 Å². The van der Waals surface area contributed by atoms with Crippen LogP contribution in [0.1, 0.15) is 60.3 Å². The molecule has 3 heteroatoms. The number of rotatable bonds is 2. The van der Waals surface area contributed by atoms with Crippen molar-refractivity contribution >= 4 is 17.2 Å². The number of hydrogen-bond donors (Lipinski definition) is 2. The molecule has 0 aromatic heterocycles. The molecule has 0 fully saturated rings. The van der Waals surface area contributed by atoms with Crippen LogP contribution in [0.25, 0.3) is 0 Å². The summed E-state index contributed by atoms with van der Waals surface area (Å²) in [6, 6.07) is 8.41. The zero-order valence-electron chi connectivity index (χ0n) is 17.3. The lowest BCUT2D eigenvalue weighted by Crippen LogP contribution is -2.37. The minimum Gasteiger partial charge on any atom is -0.376 e. The Balaban J connectivity index is 1.73. The predicted molar refractivity (Wildman–Crippen MR) is 113 cm³/mol. The molecule has 144 valence electrons.